The smallest absolute Gasteiger partial charge is 0.216 e. The zero-order valence-electron chi connectivity index (χ0n) is 4.82. The molecule has 0 aliphatic rings. The Bertz CT molecular complexity index is 64.7. The number of hydrogen-bond acceptors (Lipinski definition) is 1. The summed E-state index contributed by atoms with van der Waals surface area (Å²) in [6.45, 7) is 2.40. The molecule has 0 aromatic carbocycles. The van der Waals surface area contributed by atoms with E-state index in [9.17, 15) is 4.79 Å². The summed E-state index contributed by atoms with van der Waals surface area (Å²) in [7, 11) is 1.18. The molecule has 3 heteroatoms. The van der Waals surface area contributed by atoms with Crippen LogP contribution in [0.25, 0.3) is 0 Å². The van der Waals surface area contributed by atoms with Gasteiger partial charge in [-0.2, -0.15) is 0 Å². The number of rotatable bonds is 2. The molecule has 0 rings (SSSR count). The molecule has 0 saturated carbocycles. The summed E-state index contributed by atoms with van der Waals surface area (Å²) in [6, 6.07) is 1.15. The van der Waals surface area contributed by atoms with Crippen molar-refractivity contribution >= 4 is 16.1 Å². The molecule has 2 nitrogen and oxygen atoms in total. The van der Waals surface area contributed by atoms with Crippen molar-refractivity contribution in [2.75, 3.05) is 6.54 Å². The van der Waals surface area contributed by atoms with Crippen molar-refractivity contribution < 1.29 is 4.79 Å². The summed E-state index contributed by atoms with van der Waals surface area (Å²) < 4.78 is 0. The van der Waals surface area contributed by atoms with Crippen LogP contribution in [-0.2, 0) is 4.79 Å². The van der Waals surface area contributed by atoms with Crippen LogP contribution in [0.4, 0.5) is 0 Å². The van der Waals surface area contributed by atoms with Crippen LogP contribution >= 0.6 is 0 Å². The SMILES string of the molecule is CC(=O)NCC[SiH3]. The van der Waals surface area contributed by atoms with Gasteiger partial charge in [0.2, 0.25) is 5.91 Å². The Balaban J connectivity index is 2.82. The van der Waals surface area contributed by atoms with Gasteiger partial charge in [-0.15, -0.1) is 0 Å². The molecule has 0 aliphatic heterocycles. The molecule has 7 heavy (non-hydrogen) atoms. The molecule has 1 N–H and O–H groups in total. The summed E-state index contributed by atoms with van der Waals surface area (Å²) in [4.78, 5) is 10.1. The van der Waals surface area contributed by atoms with Gasteiger partial charge in [0.1, 0.15) is 0 Å². The van der Waals surface area contributed by atoms with Crippen molar-refractivity contribution in [2.45, 2.75) is 13.0 Å². The van der Waals surface area contributed by atoms with Gasteiger partial charge in [0.15, 0.2) is 0 Å². The first kappa shape index (κ1) is 6.69. The zero-order chi connectivity index (χ0) is 5.70. The first-order valence-electron chi connectivity index (χ1n) is 2.51. The number of amides is 1. The predicted octanol–water partition coefficient (Wildman–Crippen LogP) is -1.09. The highest BCUT2D eigenvalue weighted by molar-refractivity contribution is 6.08. The van der Waals surface area contributed by atoms with E-state index in [1.54, 1.807) is 0 Å². The van der Waals surface area contributed by atoms with Crippen molar-refractivity contribution in [3.8, 4) is 0 Å². The average molecular weight is 117 g/mol. The Morgan fingerprint density at radius 1 is 1.86 bits per heavy atom. The summed E-state index contributed by atoms with van der Waals surface area (Å²) in [6.07, 6.45) is 0. The Kier molecular flexibility index (Phi) is 3.69. The van der Waals surface area contributed by atoms with Gasteiger partial charge < -0.3 is 5.32 Å². The van der Waals surface area contributed by atoms with Crippen molar-refractivity contribution in [3.63, 3.8) is 0 Å². The van der Waals surface area contributed by atoms with Crippen LogP contribution < -0.4 is 5.32 Å². The molecule has 0 spiro atoms. The quantitative estimate of drug-likeness (QED) is 0.457. The maximum absolute atomic E-state index is 10.1. The fourth-order valence-corrected chi connectivity index (χ4v) is 0.551. The minimum Gasteiger partial charge on any atom is -0.357 e. The number of carbonyl (C=O) groups excluding carboxylic acids is 1. The second-order valence-electron chi connectivity index (χ2n) is 1.48. The molecule has 42 valence electrons. The van der Waals surface area contributed by atoms with Crippen LogP contribution in [0.1, 0.15) is 6.92 Å². The van der Waals surface area contributed by atoms with Crippen LogP contribution in [0.15, 0.2) is 0 Å². The van der Waals surface area contributed by atoms with Crippen LogP contribution in [-0.4, -0.2) is 22.7 Å². The third kappa shape index (κ3) is 5.69. The van der Waals surface area contributed by atoms with Crippen LogP contribution in [0.2, 0.25) is 6.04 Å². The minimum absolute atomic E-state index is 0.0795. The van der Waals surface area contributed by atoms with E-state index in [0.717, 1.165) is 12.6 Å². The first-order chi connectivity index (χ1) is 3.27. The largest absolute Gasteiger partial charge is 0.357 e. The van der Waals surface area contributed by atoms with Gasteiger partial charge in [-0.25, -0.2) is 0 Å². The van der Waals surface area contributed by atoms with Gasteiger partial charge in [0.05, 0.1) is 0 Å². The second kappa shape index (κ2) is 3.86. The minimum atomic E-state index is 0.0795. The maximum Gasteiger partial charge on any atom is 0.216 e. The van der Waals surface area contributed by atoms with E-state index in [4.69, 9.17) is 0 Å². The zero-order valence-corrected chi connectivity index (χ0v) is 6.82. The predicted molar refractivity (Wildman–Crippen MR) is 33.4 cm³/mol. The third-order valence-electron chi connectivity index (χ3n) is 0.624. The Labute approximate surface area is 46.7 Å². The van der Waals surface area contributed by atoms with E-state index in [2.05, 4.69) is 5.32 Å². The van der Waals surface area contributed by atoms with Gasteiger partial charge >= 0.3 is 0 Å². The molecule has 0 aliphatic carbocycles. The lowest BCUT2D eigenvalue weighted by Crippen LogP contribution is -2.20. The van der Waals surface area contributed by atoms with Gasteiger partial charge in [-0.1, -0.05) is 0 Å². The highest BCUT2D eigenvalue weighted by atomic mass is 28.1. The molecule has 0 radical (unpaired) electrons. The highest BCUT2D eigenvalue weighted by Crippen LogP contribution is 1.64. The molecule has 1 amide bonds. The van der Waals surface area contributed by atoms with Crippen molar-refractivity contribution in [1.29, 1.82) is 0 Å². The molecule has 0 saturated heterocycles. The molecular weight excluding hydrogens is 106 g/mol. The standard InChI is InChI=1S/C4H11NOSi/c1-4(6)5-2-3-7/h2-3H2,1,7H3,(H,5,6). The topological polar surface area (TPSA) is 29.1 Å². The lowest BCUT2D eigenvalue weighted by molar-refractivity contribution is -0.118. The van der Waals surface area contributed by atoms with E-state index < -0.39 is 0 Å². The monoisotopic (exact) mass is 117 g/mol. The molecule has 0 heterocycles. The summed E-state index contributed by atoms with van der Waals surface area (Å²) >= 11 is 0. The lowest BCUT2D eigenvalue weighted by atomic mass is 10.6. The Morgan fingerprint density at radius 2 is 2.43 bits per heavy atom. The van der Waals surface area contributed by atoms with Crippen LogP contribution in [0, 0.1) is 0 Å². The Morgan fingerprint density at radius 3 is 2.57 bits per heavy atom. The summed E-state index contributed by atoms with van der Waals surface area (Å²) in [5, 5.41) is 2.69. The van der Waals surface area contributed by atoms with Gasteiger partial charge in [-0.3, -0.25) is 4.79 Å². The van der Waals surface area contributed by atoms with E-state index >= 15 is 0 Å². The van der Waals surface area contributed by atoms with Gasteiger partial charge in [0.25, 0.3) is 0 Å². The molecular formula is C4H11NOSi. The fraction of sp³-hybridized carbons (Fsp3) is 0.750. The highest BCUT2D eigenvalue weighted by Gasteiger charge is 1.83. The maximum atomic E-state index is 10.1. The van der Waals surface area contributed by atoms with Crippen molar-refractivity contribution in [3.05, 3.63) is 0 Å². The molecule has 0 unspecified atom stereocenters. The Hall–Kier alpha value is -0.313. The first-order valence-corrected chi connectivity index (χ1v) is 3.93. The summed E-state index contributed by atoms with van der Waals surface area (Å²) in [5.41, 5.74) is 0. The number of hydrogen-bond donors (Lipinski definition) is 1. The van der Waals surface area contributed by atoms with Gasteiger partial charge in [0, 0.05) is 23.7 Å². The van der Waals surface area contributed by atoms with E-state index in [-0.39, 0.29) is 5.91 Å². The number of nitrogens with one attached hydrogen (secondary N) is 1. The molecule has 0 atom stereocenters. The van der Waals surface area contributed by atoms with Crippen molar-refractivity contribution in [1.82, 2.24) is 5.32 Å². The number of carbonyl (C=O) groups is 1. The fourth-order valence-electron chi connectivity index (χ4n) is 0.301. The van der Waals surface area contributed by atoms with Crippen LogP contribution in [0.3, 0.4) is 0 Å². The average Bonchev–Trinajstić information content (AvgIpc) is 1.61. The van der Waals surface area contributed by atoms with E-state index in [0.29, 0.717) is 0 Å². The normalized spacial score (nSPS) is 8.71. The van der Waals surface area contributed by atoms with Gasteiger partial charge in [-0.05, 0) is 6.04 Å². The molecule has 0 aromatic heterocycles. The van der Waals surface area contributed by atoms with Crippen molar-refractivity contribution in [2.24, 2.45) is 0 Å². The third-order valence-corrected chi connectivity index (χ3v) is 1.12. The second-order valence-corrected chi connectivity index (χ2v) is 2.48. The summed E-state index contributed by atoms with van der Waals surface area (Å²) in [5.74, 6) is 0.0795. The molecule has 0 bridgehead atoms. The molecule has 0 aromatic rings. The molecule has 0 fully saturated rings. The lowest BCUT2D eigenvalue weighted by Gasteiger charge is -1.93. The van der Waals surface area contributed by atoms with E-state index in [1.807, 2.05) is 0 Å². The van der Waals surface area contributed by atoms with Crippen LogP contribution in [0.5, 0.6) is 0 Å². The van der Waals surface area contributed by atoms with E-state index in [1.165, 1.54) is 17.2 Å².